The number of aliphatic hydroxyl groups is 1. The number of hydrogen-bond donors (Lipinski definition) is 3. The zero-order valence-electron chi connectivity index (χ0n) is 9.05. The highest BCUT2D eigenvalue weighted by Gasteiger charge is 2.16. The van der Waals surface area contributed by atoms with Crippen LogP contribution < -0.4 is 11.1 Å². The molecule has 84 valence electrons. The van der Waals surface area contributed by atoms with E-state index in [-0.39, 0.29) is 5.82 Å². The average Bonchev–Trinajstić information content (AvgIpc) is 2.14. The van der Waals surface area contributed by atoms with E-state index in [0.717, 1.165) is 0 Å². The first kappa shape index (κ1) is 11.8. The minimum atomic E-state index is -0.791. The fraction of sp³-hybridized carbons (Fsp3) is 0.455. The van der Waals surface area contributed by atoms with Gasteiger partial charge in [-0.25, -0.2) is 4.39 Å². The van der Waals surface area contributed by atoms with Gasteiger partial charge in [-0.2, -0.15) is 0 Å². The van der Waals surface area contributed by atoms with Crippen molar-refractivity contribution in [3.05, 3.63) is 24.0 Å². The van der Waals surface area contributed by atoms with Crippen molar-refractivity contribution < 1.29 is 9.50 Å². The van der Waals surface area contributed by atoms with Crippen LogP contribution in [0.5, 0.6) is 0 Å². The van der Waals surface area contributed by atoms with E-state index < -0.39 is 5.60 Å². The first-order valence-electron chi connectivity index (χ1n) is 4.95. The van der Waals surface area contributed by atoms with Gasteiger partial charge in [-0.15, -0.1) is 0 Å². The Morgan fingerprint density at radius 1 is 1.47 bits per heavy atom. The number of halogens is 1. The summed E-state index contributed by atoms with van der Waals surface area (Å²) in [6, 6.07) is 4.24. The fourth-order valence-corrected chi connectivity index (χ4v) is 1.13. The van der Waals surface area contributed by atoms with E-state index in [4.69, 9.17) is 5.73 Å². The molecule has 3 nitrogen and oxygen atoms in total. The van der Waals surface area contributed by atoms with Crippen molar-refractivity contribution in [2.45, 2.75) is 25.9 Å². The van der Waals surface area contributed by atoms with Gasteiger partial charge in [-0.05, 0) is 31.5 Å². The molecule has 0 aliphatic heterocycles. The van der Waals surface area contributed by atoms with Crippen molar-refractivity contribution in [1.82, 2.24) is 0 Å². The van der Waals surface area contributed by atoms with Gasteiger partial charge >= 0.3 is 0 Å². The summed E-state index contributed by atoms with van der Waals surface area (Å²) in [6.07, 6.45) is 0.630. The standard InChI is InChI=1S/C11H17FN2O/c1-3-11(2,15)7-14-10-5-8(12)4-9(13)6-10/h4-6,14-15H,3,7,13H2,1-2H3. The average molecular weight is 212 g/mol. The van der Waals surface area contributed by atoms with Gasteiger partial charge in [0.2, 0.25) is 0 Å². The third kappa shape index (κ3) is 3.75. The Bertz CT molecular complexity index is 319. The smallest absolute Gasteiger partial charge is 0.127 e. The van der Waals surface area contributed by atoms with E-state index in [1.807, 2.05) is 6.92 Å². The number of anilines is 2. The fourth-order valence-electron chi connectivity index (χ4n) is 1.13. The Labute approximate surface area is 89.1 Å². The first-order valence-corrected chi connectivity index (χ1v) is 4.95. The highest BCUT2D eigenvalue weighted by molar-refractivity contribution is 5.54. The molecule has 1 unspecified atom stereocenters. The second-order valence-electron chi connectivity index (χ2n) is 3.98. The topological polar surface area (TPSA) is 58.3 Å². The molecule has 0 fully saturated rings. The molecule has 0 radical (unpaired) electrons. The highest BCUT2D eigenvalue weighted by atomic mass is 19.1. The molecule has 0 bridgehead atoms. The maximum absolute atomic E-state index is 12.9. The molecule has 0 saturated carbocycles. The molecule has 15 heavy (non-hydrogen) atoms. The van der Waals surface area contributed by atoms with Crippen molar-refractivity contribution in [2.24, 2.45) is 0 Å². The van der Waals surface area contributed by atoms with E-state index in [2.05, 4.69) is 5.32 Å². The number of nitrogen functional groups attached to an aromatic ring is 1. The Kier molecular flexibility index (Phi) is 3.52. The zero-order valence-corrected chi connectivity index (χ0v) is 9.05. The summed E-state index contributed by atoms with van der Waals surface area (Å²) >= 11 is 0. The maximum atomic E-state index is 12.9. The summed E-state index contributed by atoms with van der Waals surface area (Å²) in [4.78, 5) is 0. The molecule has 4 N–H and O–H groups in total. The van der Waals surface area contributed by atoms with Gasteiger partial charge in [0.05, 0.1) is 5.60 Å². The van der Waals surface area contributed by atoms with E-state index in [1.54, 1.807) is 13.0 Å². The maximum Gasteiger partial charge on any atom is 0.127 e. The lowest BCUT2D eigenvalue weighted by Crippen LogP contribution is -2.32. The number of hydrogen-bond acceptors (Lipinski definition) is 3. The molecular formula is C11H17FN2O. The number of nitrogens with one attached hydrogen (secondary N) is 1. The summed E-state index contributed by atoms with van der Waals surface area (Å²) in [7, 11) is 0. The Balaban J connectivity index is 2.65. The van der Waals surface area contributed by atoms with Crippen molar-refractivity contribution in [3.8, 4) is 0 Å². The van der Waals surface area contributed by atoms with Crippen molar-refractivity contribution >= 4 is 11.4 Å². The zero-order chi connectivity index (χ0) is 11.5. The van der Waals surface area contributed by atoms with Crippen LogP contribution in [0.25, 0.3) is 0 Å². The van der Waals surface area contributed by atoms with Crippen LogP contribution >= 0.6 is 0 Å². The summed E-state index contributed by atoms with van der Waals surface area (Å²) < 4.78 is 12.9. The van der Waals surface area contributed by atoms with Crippen LogP contribution in [0.4, 0.5) is 15.8 Å². The van der Waals surface area contributed by atoms with Gasteiger partial charge in [-0.1, -0.05) is 6.92 Å². The largest absolute Gasteiger partial charge is 0.399 e. The molecule has 4 heteroatoms. The van der Waals surface area contributed by atoms with E-state index in [9.17, 15) is 9.50 Å². The van der Waals surface area contributed by atoms with Gasteiger partial charge in [0, 0.05) is 17.9 Å². The molecule has 1 aromatic carbocycles. The monoisotopic (exact) mass is 212 g/mol. The molecule has 0 spiro atoms. The van der Waals surface area contributed by atoms with Crippen molar-refractivity contribution in [3.63, 3.8) is 0 Å². The van der Waals surface area contributed by atoms with Crippen LogP contribution in [0.2, 0.25) is 0 Å². The third-order valence-electron chi connectivity index (χ3n) is 2.36. The Morgan fingerprint density at radius 2 is 2.13 bits per heavy atom. The van der Waals surface area contributed by atoms with Crippen LogP contribution in [0, 0.1) is 5.82 Å². The van der Waals surface area contributed by atoms with Gasteiger partial charge in [0.1, 0.15) is 5.82 Å². The molecule has 0 aliphatic carbocycles. The molecule has 0 amide bonds. The van der Waals surface area contributed by atoms with E-state index in [1.165, 1.54) is 12.1 Å². The molecule has 0 saturated heterocycles. The van der Waals surface area contributed by atoms with Gasteiger partial charge in [0.25, 0.3) is 0 Å². The number of rotatable bonds is 4. The van der Waals surface area contributed by atoms with Crippen LogP contribution in [-0.4, -0.2) is 17.3 Å². The molecule has 1 rings (SSSR count). The van der Waals surface area contributed by atoms with Crippen molar-refractivity contribution in [2.75, 3.05) is 17.6 Å². The molecule has 1 atom stereocenters. The third-order valence-corrected chi connectivity index (χ3v) is 2.36. The second kappa shape index (κ2) is 4.49. The predicted octanol–water partition coefficient (Wildman–Crippen LogP) is 1.98. The van der Waals surface area contributed by atoms with Crippen LogP contribution in [0.15, 0.2) is 18.2 Å². The predicted molar refractivity (Wildman–Crippen MR) is 60.2 cm³/mol. The summed E-state index contributed by atoms with van der Waals surface area (Å²) in [6.45, 7) is 3.98. The van der Waals surface area contributed by atoms with Crippen LogP contribution in [-0.2, 0) is 0 Å². The first-order chi connectivity index (χ1) is 6.93. The van der Waals surface area contributed by atoms with Gasteiger partial charge in [-0.3, -0.25) is 0 Å². The van der Waals surface area contributed by atoms with E-state index in [0.29, 0.717) is 24.3 Å². The van der Waals surface area contributed by atoms with Crippen molar-refractivity contribution in [1.29, 1.82) is 0 Å². The Morgan fingerprint density at radius 3 is 2.67 bits per heavy atom. The lowest BCUT2D eigenvalue weighted by Gasteiger charge is -2.22. The minimum absolute atomic E-state index is 0.367. The van der Waals surface area contributed by atoms with Gasteiger partial charge in [0.15, 0.2) is 0 Å². The highest BCUT2D eigenvalue weighted by Crippen LogP contribution is 2.17. The summed E-state index contributed by atoms with van der Waals surface area (Å²) in [5, 5.41) is 12.7. The SMILES string of the molecule is CCC(C)(O)CNc1cc(N)cc(F)c1. The molecular weight excluding hydrogens is 195 g/mol. The molecule has 0 aromatic heterocycles. The summed E-state index contributed by atoms with van der Waals surface area (Å²) in [5.74, 6) is -0.381. The molecule has 0 heterocycles. The lowest BCUT2D eigenvalue weighted by atomic mass is 10.0. The summed E-state index contributed by atoms with van der Waals surface area (Å²) in [5.41, 5.74) is 5.65. The molecule has 1 aromatic rings. The van der Waals surface area contributed by atoms with E-state index >= 15 is 0 Å². The van der Waals surface area contributed by atoms with Crippen LogP contribution in [0.1, 0.15) is 20.3 Å². The normalized spacial score (nSPS) is 14.7. The number of nitrogens with two attached hydrogens (primary N) is 1. The number of benzene rings is 1. The minimum Gasteiger partial charge on any atom is -0.399 e. The second-order valence-corrected chi connectivity index (χ2v) is 3.98. The van der Waals surface area contributed by atoms with Gasteiger partial charge < -0.3 is 16.2 Å². The lowest BCUT2D eigenvalue weighted by molar-refractivity contribution is 0.0697. The quantitative estimate of drug-likeness (QED) is 0.669. The van der Waals surface area contributed by atoms with Crippen LogP contribution in [0.3, 0.4) is 0 Å². The molecule has 0 aliphatic rings. The Hall–Kier alpha value is -1.29.